The van der Waals surface area contributed by atoms with E-state index in [1.807, 2.05) is 24.3 Å². The Hall–Kier alpha value is -1.26. The van der Waals surface area contributed by atoms with Gasteiger partial charge in [-0.2, -0.15) is 0 Å². The van der Waals surface area contributed by atoms with Gasteiger partial charge in [-0.05, 0) is 12.1 Å². The Kier molecular flexibility index (Phi) is 6.37. The van der Waals surface area contributed by atoms with Gasteiger partial charge < -0.3 is 19.9 Å². The maximum Gasteiger partial charge on any atom is 0.122 e. The van der Waals surface area contributed by atoms with Gasteiger partial charge in [0.25, 0.3) is 0 Å². The molecule has 0 aliphatic carbocycles. The van der Waals surface area contributed by atoms with Crippen LogP contribution in [0.25, 0.3) is 0 Å². The van der Waals surface area contributed by atoms with Crippen LogP contribution in [0.3, 0.4) is 0 Å². The molecular weight excluding hydrogens is 206 g/mol. The van der Waals surface area contributed by atoms with E-state index in [1.165, 1.54) is 0 Å². The fraction of sp³-hybridized carbons (Fsp3) is 0.500. The zero-order valence-corrected chi connectivity index (χ0v) is 9.65. The van der Waals surface area contributed by atoms with Crippen molar-refractivity contribution in [3.8, 4) is 11.5 Å². The number of methoxy groups -OCH3 is 1. The van der Waals surface area contributed by atoms with Gasteiger partial charge in [-0.3, -0.25) is 0 Å². The zero-order valence-electron chi connectivity index (χ0n) is 9.65. The van der Waals surface area contributed by atoms with Gasteiger partial charge in [0.15, 0.2) is 0 Å². The van der Waals surface area contributed by atoms with Gasteiger partial charge in [0, 0.05) is 25.6 Å². The molecule has 4 heteroatoms. The summed E-state index contributed by atoms with van der Waals surface area (Å²) < 4.78 is 15.9. The van der Waals surface area contributed by atoms with Gasteiger partial charge in [-0.15, -0.1) is 0 Å². The van der Waals surface area contributed by atoms with Crippen molar-refractivity contribution in [3.05, 3.63) is 24.3 Å². The molecule has 2 N–H and O–H groups in total. The van der Waals surface area contributed by atoms with Gasteiger partial charge in [-0.25, -0.2) is 0 Å². The van der Waals surface area contributed by atoms with E-state index in [-0.39, 0.29) is 0 Å². The van der Waals surface area contributed by atoms with Crippen LogP contribution in [0.15, 0.2) is 24.3 Å². The van der Waals surface area contributed by atoms with E-state index in [0.717, 1.165) is 17.9 Å². The molecule has 0 fully saturated rings. The highest BCUT2D eigenvalue weighted by atomic mass is 16.5. The summed E-state index contributed by atoms with van der Waals surface area (Å²) in [6.45, 7) is 2.49. The molecule has 16 heavy (non-hydrogen) atoms. The molecule has 0 saturated carbocycles. The molecule has 90 valence electrons. The topological polar surface area (TPSA) is 53.7 Å². The van der Waals surface area contributed by atoms with Crippen molar-refractivity contribution in [2.24, 2.45) is 5.73 Å². The van der Waals surface area contributed by atoms with Crippen molar-refractivity contribution in [1.29, 1.82) is 0 Å². The average Bonchev–Trinajstić information content (AvgIpc) is 2.34. The molecule has 0 heterocycles. The summed E-state index contributed by atoms with van der Waals surface area (Å²) in [7, 11) is 1.64. The minimum atomic E-state index is 0.566. The van der Waals surface area contributed by atoms with Crippen LogP contribution in [0.1, 0.15) is 6.42 Å². The summed E-state index contributed by atoms with van der Waals surface area (Å²) >= 11 is 0. The van der Waals surface area contributed by atoms with E-state index in [9.17, 15) is 0 Å². The van der Waals surface area contributed by atoms with Gasteiger partial charge in [0.1, 0.15) is 11.5 Å². The first-order chi connectivity index (χ1) is 7.86. The van der Waals surface area contributed by atoms with E-state index in [0.29, 0.717) is 26.4 Å². The minimum Gasteiger partial charge on any atom is -0.497 e. The summed E-state index contributed by atoms with van der Waals surface area (Å²) in [5.41, 5.74) is 5.30. The van der Waals surface area contributed by atoms with Gasteiger partial charge in [-0.1, -0.05) is 6.07 Å². The van der Waals surface area contributed by atoms with Crippen molar-refractivity contribution >= 4 is 0 Å². The van der Waals surface area contributed by atoms with E-state index >= 15 is 0 Å². The molecule has 0 aliphatic rings. The normalized spacial score (nSPS) is 10.1. The predicted molar refractivity (Wildman–Crippen MR) is 63.0 cm³/mol. The number of hydrogen-bond donors (Lipinski definition) is 1. The lowest BCUT2D eigenvalue weighted by Gasteiger charge is -2.07. The second-order valence-electron chi connectivity index (χ2n) is 3.28. The van der Waals surface area contributed by atoms with Crippen molar-refractivity contribution < 1.29 is 14.2 Å². The molecule has 0 atom stereocenters. The van der Waals surface area contributed by atoms with Crippen LogP contribution in [0, 0.1) is 0 Å². The largest absolute Gasteiger partial charge is 0.497 e. The lowest BCUT2D eigenvalue weighted by atomic mass is 10.3. The summed E-state index contributed by atoms with van der Waals surface area (Å²) in [6, 6.07) is 7.56. The molecule has 1 rings (SSSR count). The molecule has 0 radical (unpaired) electrons. The summed E-state index contributed by atoms with van der Waals surface area (Å²) in [4.78, 5) is 0. The van der Waals surface area contributed by atoms with Crippen LogP contribution < -0.4 is 15.2 Å². The summed E-state index contributed by atoms with van der Waals surface area (Å²) in [5, 5.41) is 0. The first-order valence-corrected chi connectivity index (χ1v) is 5.41. The Balaban J connectivity index is 2.16. The molecule has 4 nitrogen and oxygen atoms in total. The van der Waals surface area contributed by atoms with Crippen molar-refractivity contribution in [2.75, 3.05) is 33.5 Å². The van der Waals surface area contributed by atoms with Crippen LogP contribution in [0.5, 0.6) is 11.5 Å². The molecule has 0 aromatic heterocycles. The second kappa shape index (κ2) is 7.96. The van der Waals surface area contributed by atoms with Gasteiger partial charge in [0.05, 0.1) is 20.3 Å². The predicted octanol–water partition coefficient (Wildman–Crippen LogP) is 1.44. The number of rotatable bonds is 8. The Labute approximate surface area is 96.3 Å². The third-order valence-corrected chi connectivity index (χ3v) is 2.01. The number of ether oxygens (including phenoxy) is 3. The van der Waals surface area contributed by atoms with E-state index in [4.69, 9.17) is 19.9 Å². The van der Waals surface area contributed by atoms with Crippen LogP contribution >= 0.6 is 0 Å². The lowest BCUT2D eigenvalue weighted by Crippen LogP contribution is -2.10. The Morgan fingerprint density at radius 1 is 1.12 bits per heavy atom. The maximum atomic E-state index is 5.54. The number of hydrogen-bond acceptors (Lipinski definition) is 4. The molecule has 1 aromatic carbocycles. The quantitative estimate of drug-likeness (QED) is 0.680. The Bertz CT molecular complexity index is 291. The van der Waals surface area contributed by atoms with E-state index < -0.39 is 0 Å². The van der Waals surface area contributed by atoms with Crippen molar-refractivity contribution in [1.82, 2.24) is 0 Å². The molecule has 0 bridgehead atoms. The molecule has 1 aromatic rings. The first-order valence-electron chi connectivity index (χ1n) is 5.41. The van der Waals surface area contributed by atoms with Crippen LogP contribution in [-0.4, -0.2) is 33.5 Å². The summed E-state index contributed by atoms with van der Waals surface area (Å²) in [5.74, 6) is 1.62. The Morgan fingerprint density at radius 2 is 1.94 bits per heavy atom. The molecule has 0 saturated heterocycles. The fourth-order valence-corrected chi connectivity index (χ4v) is 1.23. The highest BCUT2D eigenvalue weighted by Crippen LogP contribution is 2.18. The van der Waals surface area contributed by atoms with E-state index in [2.05, 4.69) is 0 Å². The average molecular weight is 225 g/mol. The van der Waals surface area contributed by atoms with Crippen molar-refractivity contribution in [2.45, 2.75) is 6.42 Å². The lowest BCUT2D eigenvalue weighted by molar-refractivity contribution is 0.125. The molecule has 0 aliphatic heterocycles. The summed E-state index contributed by atoms with van der Waals surface area (Å²) in [6.07, 6.45) is 0.858. The monoisotopic (exact) mass is 225 g/mol. The first kappa shape index (κ1) is 12.8. The minimum absolute atomic E-state index is 0.566. The highest BCUT2D eigenvalue weighted by molar-refractivity contribution is 5.32. The third-order valence-electron chi connectivity index (χ3n) is 2.01. The second-order valence-corrected chi connectivity index (χ2v) is 3.28. The van der Waals surface area contributed by atoms with Crippen molar-refractivity contribution in [3.63, 3.8) is 0 Å². The van der Waals surface area contributed by atoms with Crippen LogP contribution in [0.2, 0.25) is 0 Å². The van der Waals surface area contributed by atoms with Crippen LogP contribution in [0.4, 0.5) is 0 Å². The smallest absolute Gasteiger partial charge is 0.122 e. The van der Waals surface area contributed by atoms with E-state index in [1.54, 1.807) is 7.11 Å². The Morgan fingerprint density at radius 3 is 2.69 bits per heavy atom. The third kappa shape index (κ3) is 5.00. The number of benzene rings is 1. The molecular formula is C12H19NO3. The maximum absolute atomic E-state index is 5.54. The molecule has 0 amide bonds. The van der Waals surface area contributed by atoms with Crippen LogP contribution in [-0.2, 0) is 4.74 Å². The highest BCUT2D eigenvalue weighted by Gasteiger charge is 1.96. The van der Waals surface area contributed by atoms with Gasteiger partial charge >= 0.3 is 0 Å². The van der Waals surface area contributed by atoms with Gasteiger partial charge in [0.2, 0.25) is 0 Å². The standard InChI is InChI=1S/C12H19NO3/c1-14-11-4-2-5-12(10-11)16-8-3-7-15-9-6-13/h2,4-5,10H,3,6-9,13H2,1H3. The fourth-order valence-electron chi connectivity index (χ4n) is 1.23. The SMILES string of the molecule is COc1cccc(OCCCOCCN)c1. The molecule has 0 spiro atoms. The number of nitrogens with two attached hydrogens (primary N) is 1. The molecule has 0 unspecified atom stereocenters. The zero-order chi connectivity index (χ0) is 11.6.